The Bertz CT molecular complexity index is 689. The molecule has 0 fully saturated rings. The van der Waals surface area contributed by atoms with Crippen molar-refractivity contribution in [1.82, 2.24) is 4.90 Å². The van der Waals surface area contributed by atoms with Crippen molar-refractivity contribution in [3.8, 4) is 5.75 Å². The zero-order valence-electron chi connectivity index (χ0n) is 11.3. The Morgan fingerprint density at radius 1 is 1.19 bits per heavy atom. The molecule has 0 aliphatic rings. The number of nitrogen functional groups attached to an aromatic ring is 1. The third kappa shape index (κ3) is 3.60. The predicted molar refractivity (Wildman–Crippen MR) is 84.8 cm³/mol. The van der Waals surface area contributed by atoms with Gasteiger partial charge in [0.05, 0.1) is 15.6 Å². The average Bonchev–Trinajstić information content (AvgIpc) is 2.44. The Morgan fingerprint density at radius 3 is 2.57 bits per heavy atom. The molecule has 0 aromatic heterocycles. The molecule has 3 N–H and O–H groups in total. The molecule has 0 unspecified atom stereocenters. The van der Waals surface area contributed by atoms with Gasteiger partial charge in [-0.25, -0.2) is 0 Å². The smallest absolute Gasteiger partial charge is 0.256 e. The third-order valence-electron chi connectivity index (χ3n) is 3.02. The van der Waals surface area contributed by atoms with Gasteiger partial charge in [-0.3, -0.25) is 4.79 Å². The minimum absolute atomic E-state index is 0.00418. The number of phenolic OH excluding ortho intramolecular Hbond substituents is 1. The van der Waals surface area contributed by atoms with E-state index in [2.05, 4.69) is 0 Å². The van der Waals surface area contributed by atoms with Crippen LogP contribution in [-0.4, -0.2) is 23.0 Å². The summed E-state index contributed by atoms with van der Waals surface area (Å²) in [5.74, 6) is -0.287. The number of aromatic hydroxyl groups is 1. The molecule has 0 saturated heterocycles. The highest BCUT2D eigenvalue weighted by atomic mass is 35.5. The molecule has 0 aliphatic carbocycles. The van der Waals surface area contributed by atoms with E-state index in [1.807, 2.05) is 0 Å². The summed E-state index contributed by atoms with van der Waals surface area (Å²) in [7, 11) is 1.65. The molecule has 0 radical (unpaired) electrons. The van der Waals surface area contributed by atoms with Crippen molar-refractivity contribution in [3.63, 3.8) is 0 Å². The minimum Gasteiger partial charge on any atom is -0.508 e. The summed E-state index contributed by atoms with van der Waals surface area (Å²) in [5, 5.41) is 10.4. The van der Waals surface area contributed by atoms with E-state index in [1.54, 1.807) is 25.2 Å². The van der Waals surface area contributed by atoms with Crippen molar-refractivity contribution in [3.05, 3.63) is 57.6 Å². The molecule has 1 amide bonds. The van der Waals surface area contributed by atoms with Gasteiger partial charge in [0, 0.05) is 19.3 Å². The predicted octanol–water partition coefficient (Wildman–Crippen LogP) is 3.55. The van der Waals surface area contributed by atoms with Gasteiger partial charge in [-0.1, -0.05) is 29.3 Å². The first-order valence-electron chi connectivity index (χ1n) is 6.16. The highest BCUT2D eigenvalue weighted by Crippen LogP contribution is 2.24. The van der Waals surface area contributed by atoms with Crippen LogP contribution in [0.25, 0.3) is 0 Å². The molecular formula is C15H14Cl2N2O2. The minimum atomic E-state index is -0.283. The second-order valence-electron chi connectivity index (χ2n) is 4.68. The number of benzene rings is 2. The number of nitrogens with zero attached hydrogens (tertiary/aromatic N) is 1. The molecule has 0 bridgehead atoms. The number of rotatable bonds is 3. The van der Waals surface area contributed by atoms with Gasteiger partial charge in [-0.15, -0.1) is 0 Å². The van der Waals surface area contributed by atoms with Gasteiger partial charge in [0.1, 0.15) is 5.75 Å². The molecule has 0 heterocycles. The van der Waals surface area contributed by atoms with Crippen molar-refractivity contribution >= 4 is 34.8 Å². The molecule has 21 heavy (non-hydrogen) atoms. The Hall–Kier alpha value is -1.91. The fourth-order valence-corrected chi connectivity index (χ4v) is 2.24. The van der Waals surface area contributed by atoms with Crippen LogP contribution in [0.4, 0.5) is 5.69 Å². The second-order valence-corrected chi connectivity index (χ2v) is 5.50. The van der Waals surface area contributed by atoms with Crippen molar-refractivity contribution in [1.29, 1.82) is 0 Å². The summed E-state index contributed by atoms with van der Waals surface area (Å²) in [6.45, 7) is 0.352. The summed E-state index contributed by atoms with van der Waals surface area (Å²) in [6, 6.07) is 9.47. The van der Waals surface area contributed by atoms with Crippen LogP contribution in [0.2, 0.25) is 10.0 Å². The molecule has 6 heteroatoms. The zero-order chi connectivity index (χ0) is 15.6. The fraction of sp³-hybridized carbons (Fsp3) is 0.133. The number of carbonyl (C=O) groups excluding carboxylic acids is 1. The maximum Gasteiger partial charge on any atom is 0.256 e. The lowest BCUT2D eigenvalue weighted by Gasteiger charge is -2.18. The van der Waals surface area contributed by atoms with Crippen molar-refractivity contribution in [2.45, 2.75) is 6.54 Å². The highest BCUT2D eigenvalue weighted by Gasteiger charge is 2.16. The van der Waals surface area contributed by atoms with E-state index in [9.17, 15) is 9.90 Å². The average molecular weight is 325 g/mol. The van der Waals surface area contributed by atoms with Crippen LogP contribution in [0.5, 0.6) is 5.75 Å². The highest BCUT2D eigenvalue weighted by molar-refractivity contribution is 6.42. The third-order valence-corrected chi connectivity index (χ3v) is 3.76. The zero-order valence-corrected chi connectivity index (χ0v) is 12.8. The number of hydrogen-bond acceptors (Lipinski definition) is 3. The van der Waals surface area contributed by atoms with Gasteiger partial charge in [0.2, 0.25) is 0 Å². The SMILES string of the molecule is CN(Cc1ccc(Cl)c(Cl)c1)C(=O)c1cc(O)ccc1N. The monoisotopic (exact) mass is 324 g/mol. The normalized spacial score (nSPS) is 10.4. The van der Waals surface area contributed by atoms with Crippen molar-refractivity contribution in [2.75, 3.05) is 12.8 Å². The van der Waals surface area contributed by atoms with Crippen LogP contribution >= 0.6 is 23.2 Å². The van der Waals surface area contributed by atoms with E-state index in [4.69, 9.17) is 28.9 Å². The molecule has 2 rings (SSSR count). The molecule has 2 aromatic rings. The molecule has 0 saturated carbocycles. The van der Waals surface area contributed by atoms with Crippen LogP contribution in [0.1, 0.15) is 15.9 Å². The first-order valence-corrected chi connectivity index (χ1v) is 6.92. The lowest BCUT2D eigenvalue weighted by molar-refractivity contribution is 0.0785. The van der Waals surface area contributed by atoms with E-state index >= 15 is 0 Å². The number of carbonyl (C=O) groups is 1. The van der Waals surface area contributed by atoms with Gasteiger partial charge in [-0.2, -0.15) is 0 Å². The van der Waals surface area contributed by atoms with Gasteiger partial charge in [0.15, 0.2) is 0 Å². The van der Waals surface area contributed by atoms with Crippen molar-refractivity contribution < 1.29 is 9.90 Å². The van der Waals surface area contributed by atoms with Gasteiger partial charge >= 0.3 is 0 Å². The van der Waals surface area contributed by atoms with E-state index in [0.29, 0.717) is 22.3 Å². The molecule has 0 spiro atoms. The second kappa shape index (κ2) is 6.24. The maximum absolute atomic E-state index is 12.3. The van der Waals surface area contributed by atoms with Crippen LogP contribution < -0.4 is 5.73 Å². The molecule has 2 aromatic carbocycles. The number of halogens is 2. The molecule has 110 valence electrons. The Kier molecular flexibility index (Phi) is 4.60. The van der Waals surface area contributed by atoms with Gasteiger partial charge < -0.3 is 15.7 Å². The standard InChI is InChI=1S/C15H14Cl2N2O2/c1-19(8-9-2-4-12(16)13(17)6-9)15(21)11-7-10(20)3-5-14(11)18/h2-7,20H,8,18H2,1H3. The number of amides is 1. The maximum atomic E-state index is 12.3. The lowest BCUT2D eigenvalue weighted by Crippen LogP contribution is -2.26. The van der Waals surface area contributed by atoms with Crippen LogP contribution in [0.3, 0.4) is 0 Å². The fourth-order valence-electron chi connectivity index (χ4n) is 1.92. The summed E-state index contributed by atoms with van der Waals surface area (Å²) in [5.41, 5.74) is 7.19. The van der Waals surface area contributed by atoms with Gasteiger partial charge in [-0.05, 0) is 35.9 Å². The number of anilines is 1. The number of phenols is 1. The van der Waals surface area contributed by atoms with Gasteiger partial charge in [0.25, 0.3) is 5.91 Å². The van der Waals surface area contributed by atoms with Crippen molar-refractivity contribution in [2.24, 2.45) is 0 Å². The molecular weight excluding hydrogens is 311 g/mol. The Morgan fingerprint density at radius 2 is 1.90 bits per heavy atom. The number of nitrogens with two attached hydrogens (primary N) is 1. The Labute approximate surface area is 132 Å². The summed E-state index contributed by atoms with van der Waals surface area (Å²) >= 11 is 11.8. The largest absolute Gasteiger partial charge is 0.508 e. The first kappa shape index (κ1) is 15.5. The first-order chi connectivity index (χ1) is 9.88. The van der Waals surface area contributed by atoms with Crippen LogP contribution in [0, 0.1) is 0 Å². The summed E-state index contributed by atoms with van der Waals surface area (Å²) in [6.07, 6.45) is 0. The van der Waals surface area contributed by atoms with Crippen LogP contribution in [0.15, 0.2) is 36.4 Å². The summed E-state index contributed by atoms with van der Waals surface area (Å²) in [4.78, 5) is 13.8. The quantitative estimate of drug-likeness (QED) is 0.670. The van der Waals surface area contributed by atoms with E-state index in [-0.39, 0.29) is 17.2 Å². The molecule has 0 atom stereocenters. The van der Waals surface area contributed by atoms with E-state index < -0.39 is 0 Å². The molecule has 0 aliphatic heterocycles. The number of hydrogen-bond donors (Lipinski definition) is 2. The van der Waals surface area contributed by atoms with E-state index in [1.165, 1.54) is 23.1 Å². The van der Waals surface area contributed by atoms with E-state index in [0.717, 1.165) is 5.56 Å². The lowest BCUT2D eigenvalue weighted by atomic mass is 10.1. The van der Waals surface area contributed by atoms with Crippen LogP contribution in [-0.2, 0) is 6.54 Å². The Balaban J connectivity index is 2.19. The molecule has 4 nitrogen and oxygen atoms in total. The summed E-state index contributed by atoms with van der Waals surface area (Å²) < 4.78 is 0. The topological polar surface area (TPSA) is 66.6 Å².